The second kappa shape index (κ2) is 59.2. The van der Waals surface area contributed by atoms with E-state index in [0.717, 1.165) is 54.1 Å². The van der Waals surface area contributed by atoms with Crippen LogP contribution in [0.2, 0.25) is 0 Å². The van der Waals surface area contributed by atoms with Gasteiger partial charge in [-0.15, -0.1) is 0 Å². The summed E-state index contributed by atoms with van der Waals surface area (Å²) in [5, 5.41) is 35.4. The summed E-state index contributed by atoms with van der Waals surface area (Å²) in [6.45, 7) is 35.5. The first-order chi connectivity index (χ1) is 70.2. The van der Waals surface area contributed by atoms with Crippen LogP contribution in [-0.4, -0.2) is 287 Å². The number of carbonyl (C=O) groups excluding carboxylic acids is 8. The number of carbonyl (C=O) groups is 8. The maximum absolute atomic E-state index is 15.8. The molecule has 52 nitrogen and oxygen atoms in total. The number of amidine groups is 4. The van der Waals surface area contributed by atoms with Gasteiger partial charge in [-0.3, -0.25) is 56.5 Å². The van der Waals surface area contributed by atoms with E-state index in [1.807, 2.05) is 27.7 Å². The Balaban J connectivity index is 0.000000354. The van der Waals surface area contributed by atoms with Gasteiger partial charge in [-0.1, -0.05) is 165 Å². The number of rotatable bonds is 50. The Kier molecular flexibility index (Phi) is 51.0. The number of azide groups is 4. The molecule has 8 rings (SSSR count). The van der Waals surface area contributed by atoms with Gasteiger partial charge in [-0.05, 0) is 114 Å². The molecular weight excluding hydrogens is 2070 g/mol. The second-order valence-corrected chi connectivity index (χ2v) is 44.0. The van der Waals surface area contributed by atoms with E-state index >= 15 is 17.6 Å². The zero-order valence-electron chi connectivity index (χ0n) is 86.7. The number of aliphatic hydroxyl groups is 2. The van der Waals surface area contributed by atoms with Crippen LogP contribution in [0.3, 0.4) is 0 Å². The zero-order valence-corrected chi connectivity index (χ0v) is 90.2. The molecule has 60 heteroatoms. The molecule has 10 N–H and O–H groups in total. The van der Waals surface area contributed by atoms with Crippen LogP contribution in [0.15, 0.2) is 139 Å². The minimum Gasteiger partial charge on any atom is -0.462 e. The van der Waals surface area contributed by atoms with Crippen LogP contribution in [0.5, 0.6) is 0 Å². The summed E-state index contributed by atoms with van der Waals surface area (Å²) in [7, 11) is -9.22. The van der Waals surface area contributed by atoms with Gasteiger partial charge in [-0.25, -0.2) is 55.7 Å². The number of nitrogens with two attached hydrogens (primary N) is 4. The predicted octanol–water partition coefficient (Wildman–Crippen LogP) is 14.0. The lowest BCUT2D eigenvalue weighted by Gasteiger charge is -2.33. The molecule has 0 aromatic carbocycles. The van der Waals surface area contributed by atoms with Crippen molar-refractivity contribution < 1.29 is 150 Å². The number of unbranched alkanes of at least 4 members (excludes halogenated alkanes) is 4. The standard InChI is InChI=1S/C25H40FN6O8PS2.C23H36FN6O10P.2C21H31FN6O5/c1-16-30-17(27)8-9-32(16)20-18(26)19(33)25(40-20,14-29-31-28)15-39-41(36,37-10-12-42-21(34)23(2,3)4)38-11-13-43-22(35)24(5,6)7;1-14-28-15(25)8-9-30(14)18-16(24)17(31)23(40-18,10-27-29-26)11-37-41(34,38-12-35-19(32)21(2,3)4)39-13-36-20(33)22(5,6)7;2*1-4-6-8-16(29)31-13-21(12-25-27-24)19(32-17(30)9-7-5-2)18(22)20(33-21)28-11-10-15(23)26-14(28)3/h8-9,18-20,33H,1,10-15H2,2-7H3,(H2,27,30);8-9,16-18,31H,1,10-13H2,2-7H3,(H2,25,28);2*10-11,18-20H,3-9,12-13H2,1-2H3,(H2,23,26)/t18-,19+,20-,25-;16-,17+,18-,23-;2*18-,19+,20-,21-/m1111/s1. The molecule has 0 spiro atoms. The summed E-state index contributed by atoms with van der Waals surface area (Å²) in [4.78, 5) is 129. The summed E-state index contributed by atoms with van der Waals surface area (Å²) < 4.78 is 177. The van der Waals surface area contributed by atoms with Crippen LogP contribution in [0.4, 0.5) is 17.6 Å². The number of halogens is 4. The molecule has 0 aromatic heterocycles. The molecule has 0 bridgehead atoms. The molecule has 0 radical (unpaired) electrons. The molecule has 0 aliphatic carbocycles. The lowest BCUT2D eigenvalue weighted by atomic mass is 9.96. The fourth-order valence-corrected chi connectivity index (χ4v) is 17.7. The Hall–Kier alpha value is -11.2. The number of phosphoric ester groups is 2. The molecule has 4 fully saturated rings. The van der Waals surface area contributed by atoms with E-state index < -0.39 is 236 Å². The van der Waals surface area contributed by atoms with Gasteiger partial charge in [0.2, 0.25) is 13.6 Å². The van der Waals surface area contributed by atoms with Crippen molar-refractivity contribution in [2.24, 2.45) is 85.0 Å². The van der Waals surface area contributed by atoms with Crippen molar-refractivity contribution in [3.8, 4) is 0 Å². The largest absolute Gasteiger partial charge is 0.480 e. The topological polar surface area (TPSA) is 720 Å². The number of thioether (sulfide) groups is 2. The second-order valence-electron chi connectivity index (χ2n) is 38.5. The summed E-state index contributed by atoms with van der Waals surface area (Å²) in [5.41, 5.74) is 47.6. The highest BCUT2D eigenvalue weighted by Crippen LogP contribution is 2.54. The quantitative estimate of drug-likeness (QED) is 0.00379. The molecule has 836 valence electrons. The summed E-state index contributed by atoms with van der Waals surface area (Å²) in [6, 6.07) is 0. The van der Waals surface area contributed by atoms with E-state index in [0.29, 0.717) is 25.7 Å². The smallest absolute Gasteiger partial charge is 0.462 e. The van der Waals surface area contributed by atoms with Crippen molar-refractivity contribution in [3.63, 3.8) is 0 Å². The van der Waals surface area contributed by atoms with Crippen LogP contribution >= 0.6 is 39.2 Å². The Morgan fingerprint density at radius 1 is 0.413 bits per heavy atom. The van der Waals surface area contributed by atoms with E-state index in [2.05, 4.69) is 86.4 Å². The lowest BCUT2D eigenvalue weighted by molar-refractivity contribution is -0.178. The number of esters is 6. The Labute approximate surface area is 874 Å². The first kappa shape index (κ1) is 129. The average Bonchev–Trinajstić information content (AvgIpc) is 1.79. The van der Waals surface area contributed by atoms with Crippen LogP contribution < -0.4 is 22.9 Å². The van der Waals surface area contributed by atoms with Gasteiger partial charge in [-0.2, -0.15) is 0 Å². The number of aliphatic imine (C=N–C) groups is 4. The van der Waals surface area contributed by atoms with E-state index in [-0.39, 0.29) is 107 Å². The van der Waals surface area contributed by atoms with Crippen molar-refractivity contribution in [1.82, 2.24) is 19.6 Å². The van der Waals surface area contributed by atoms with Crippen LogP contribution in [0.25, 0.3) is 41.8 Å². The number of aliphatic hydroxyl groups excluding tert-OH is 2. The average molecular weight is 2210 g/mol. The zero-order chi connectivity index (χ0) is 113. The minimum absolute atomic E-state index is 0.0102. The molecule has 16 atom stereocenters. The Bertz CT molecular complexity index is 5100. The molecule has 0 saturated carbocycles. The van der Waals surface area contributed by atoms with Crippen molar-refractivity contribution in [1.29, 1.82) is 0 Å². The summed E-state index contributed by atoms with van der Waals surface area (Å²) >= 11 is 1.95. The molecule has 8 aliphatic rings. The van der Waals surface area contributed by atoms with Gasteiger partial charge in [0.05, 0.1) is 63.4 Å². The summed E-state index contributed by atoms with van der Waals surface area (Å²) in [5.74, 6) is -2.67. The number of ether oxygens (including phenoxy) is 10. The third kappa shape index (κ3) is 38.3. The van der Waals surface area contributed by atoms with Crippen molar-refractivity contribution in [3.05, 3.63) is 140 Å². The highest BCUT2D eigenvalue weighted by atomic mass is 32.2. The molecule has 150 heavy (non-hydrogen) atoms. The Morgan fingerprint density at radius 2 is 0.673 bits per heavy atom. The van der Waals surface area contributed by atoms with Crippen molar-refractivity contribution >= 4 is 109 Å². The molecule has 8 aliphatic heterocycles. The lowest BCUT2D eigenvalue weighted by Crippen LogP contribution is -2.51. The highest BCUT2D eigenvalue weighted by molar-refractivity contribution is 8.14. The van der Waals surface area contributed by atoms with Crippen LogP contribution in [0.1, 0.15) is 188 Å². The summed E-state index contributed by atoms with van der Waals surface area (Å²) in [6.07, 6.45) is -3.54. The van der Waals surface area contributed by atoms with Gasteiger partial charge in [0.15, 0.2) is 83.2 Å². The van der Waals surface area contributed by atoms with E-state index in [9.17, 15) is 57.7 Å². The molecular formula is C90H138F4N24O28P2S2. The van der Waals surface area contributed by atoms with Gasteiger partial charge >= 0.3 is 51.5 Å². The minimum atomic E-state index is -4.77. The molecule has 0 aromatic rings. The molecule has 8 heterocycles. The number of alkyl halides is 4. The SMILES string of the molecule is C=C1N=C(N)C=CN1[C@@H]1O[C@](CN=[N+]=[N-])(COC(=O)CCCC)[C@@H](OC(=O)CCCC)[C@H]1F.C=C1N=C(N)C=CN1[C@@H]1O[C@](CN=[N+]=[N-])(COC(=O)CCCC)[C@@H](OC(=O)CCCC)[C@H]1F.C=C1N=C(N)C=CN1[C@@H]1O[C@](CN=[N+]=[N-])(COP(=O)(OCCSC(=O)C(C)(C)C)OCCSC(=O)C(C)(C)C)[C@@H](O)[C@H]1F.C=C1N=C(N)C=CN1[C@@H]1O[C@](CN=[N+]=[N-])(COP(=O)(OCOC(=O)C(C)(C)C)OCOC(=O)C(C)(C)C)[C@@H](O)[C@H]1F. The maximum atomic E-state index is 15.8. The number of nitrogens with zero attached hydrogens (tertiary/aromatic N) is 20. The molecule has 4 saturated heterocycles. The van der Waals surface area contributed by atoms with E-state index in [4.69, 9.17) is 120 Å². The monoisotopic (exact) mass is 2200 g/mol. The van der Waals surface area contributed by atoms with E-state index in [1.165, 1.54) is 63.8 Å². The van der Waals surface area contributed by atoms with Gasteiger partial charge < -0.3 is 100 Å². The highest BCUT2D eigenvalue weighted by Gasteiger charge is 2.64. The normalized spacial score (nSPS) is 25.5. The Morgan fingerprint density at radius 3 is 0.933 bits per heavy atom. The fourth-order valence-electron chi connectivity index (χ4n) is 13.7. The first-order valence-corrected chi connectivity index (χ1v) is 52.3. The van der Waals surface area contributed by atoms with Crippen LogP contribution in [-0.2, 0) is 122 Å². The fraction of sp³-hybridized carbons (Fsp3) is 0.689. The third-order valence-electron chi connectivity index (χ3n) is 22.1. The maximum Gasteiger partial charge on any atom is 0.480 e. The van der Waals surface area contributed by atoms with Gasteiger partial charge in [0.25, 0.3) is 0 Å². The van der Waals surface area contributed by atoms with E-state index in [1.54, 1.807) is 83.1 Å². The van der Waals surface area contributed by atoms with Crippen molar-refractivity contribution in [2.75, 3.05) is 90.9 Å². The molecule has 0 unspecified atom stereocenters. The first-order valence-electron chi connectivity index (χ1n) is 47.4. The number of hydrogen-bond acceptors (Lipinski definition) is 46. The van der Waals surface area contributed by atoms with Crippen molar-refractivity contribution in [2.45, 2.75) is 284 Å². The van der Waals surface area contributed by atoms with Crippen LogP contribution in [0, 0.1) is 21.7 Å². The van der Waals surface area contributed by atoms with Gasteiger partial charge in [0.1, 0.15) is 83.3 Å². The van der Waals surface area contributed by atoms with Gasteiger partial charge in [0, 0.05) is 92.5 Å². The molecule has 0 amide bonds. The number of hydrogen-bond donors (Lipinski definition) is 6. The number of phosphoric acid groups is 2. The third-order valence-corrected chi connectivity index (χ3v) is 27.3. The predicted molar refractivity (Wildman–Crippen MR) is 541 cm³/mol.